The van der Waals surface area contributed by atoms with Crippen LogP contribution in [0.1, 0.15) is 31.4 Å². The summed E-state index contributed by atoms with van der Waals surface area (Å²) in [5.41, 5.74) is 0.755. The predicted molar refractivity (Wildman–Crippen MR) is 114 cm³/mol. The number of hydrogen-bond acceptors (Lipinski definition) is 8. The topological polar surface area (TPSA) is 111 Å². The van der Waals surface area contributed by atoms with Gasteiger partial charge in [0.05, 0.1) is 50.1 Å². The van der Waals surface area contributed by atoms with Crippen molar-refractivity contribution in [2.75, 3.05) is 33.1 Å². The smallest absolute Gasteiger partial charge is 0.333 e. The second-order valence-corrected chi connectivity index (χ2v) is 7.64. The molecule has 0 spiro atoms. The summed E-state index contributed by atoms with van der Waals surface area (Å²) in [5.74, 6) is -0.454. The summed E-state index contributed by atoms with van der Waals surface area (Å²) in [4.78, 5) is 48.7. The zero-order valence-corrected chi connectivity index (χ0v) is 18.5. The second kappa shape index (κ2) is 12.0. The molecule has 0 aliphatic carbocycles. The number of amides is 2. The summed E-state index contributed by atoms with van der Waals surface area (Å²) >= 11 is 1.26. The third-order valence-corrected chi connectivity index (χ3v) is 5.43. The van der Waals surface area contributed by atoms with Crippen LogP contribution in [-0.4, -0.2) is 61.8 Å². The van der Waals surface area contributed by atoms with E-state index in [9.17, 15) is 19.2 Å². The number of rotatable bonds is 10. The molecule has 1 aromatic rings. The van der Waals surface area contributed by atoms with Gasteiger partial charge in [-0.2, -0.15) is 0 Å². The highest BCUT2D eigenvalue weighted by atomic mass is 32.2. The molecule has 0 bridgehead atoms. The highest BCUT2D eigenvalue weighted by Gasteiger charge is 2.27. The Morgan fingerprint density at radius 1 is 1.23 bits per heavy atom. The van der Waals surface area contributed by atoms with Crippen molar-refractivity contribution in [3.8, 4) is 5.75 Å². The van der Waals surface area contributed by atoms with Crippen LogP contribution in [0.15, 0.2) is 35.4 Å². The summed E-state index contributed by atoms with van der Waals surface area (Å²) in [6, 6.07) is 6.53. The quantitative estimate of drug-likeness (QED) is 0.326. The van der Waals surface area contributed by atoms with Crippen molar-refractivity contribution in [1.29, 1.82) is 0 Å². The largest absolute Gasteiger partial charge is 0.497 e. The van der Waals surface area contributed by atoms with E-state index in [4.69, 9.17) is 9.47 Å². The lowest BCUT2D eigenvalue weighted by molar-refractivity contribution is -0.144. The molecule has 9 nitrogen and oxygen atoms in total. The first-order chi connectivity index (χ1) is 14.8. The first-order valence-electron chi connectivity index (χ1n) is 9.63. The molecule has 0 aromatic heterocycles. The van der Waals surface area contributed by atoms with E-state index >= 15 is 0 Å². The fourth-order valence-electron chi connectivity index (χ4n) is 2.90. The molecule has 2 amide bonds. The molecule has 1 heterocycles. The van der Waals surface area contributed by atoms with E-state index in [1.807, 2.05) is 0 Å². The number of carbonyl (C=O) groups is 4. The highest BCUT2D eigenvalue weighted by molar-refractivity contribution is 8.04. The molecule has 10 heteroatoms. The first-order valence-corrected chi connectivity index (χ1v) is 10.6. The number of esters is 2. The molecule has 1 aromatic carbocycles. The lowest BCUT2D eigenvalue weighted by atomic mass is 10.0. The van der Waals surface area contributed by atoms with Crippen molar-refractivity contribution in [2.45, 2.75) is 25.8 Å². The fourth-order valence-corrected chi connectivity index (χ4v) is 3.85. The number of methoxy groups -OCH3 is 2. The Kier molecular flexibility index (Phi) is 9.39. The normalized spacial score (nSPS) is 15.5. The van der Waals surface area contributed by atoms with Crippen LogP contribution in [0.5, 0.6) is 5.75 Å². The van der Waals surface area contributed by atoms with Crippen molar-refractivity contribution in [3.63, 3.8) is 0 Å². The van der Waals surface area contributed by atoms with E-state index in [1.165, 1.54) is 36.8 Å². The minimum atomic E-state index is -0.531. The van der Waals surface area contributed by atoms with E-state index in [0.29, 0.717) is 23.7 Å². The van der Waals surface area contributed by atoms with Crippen molar-refractivity contribution in [2.24, 2.45) is 0 Å². The van der Waals surface area contributed by atoms with Crippen molar-refractivity contribution < 1.29 is 33.4 Å². The van der Waals surface area contributed by atoms with Gasteiger partial charge in [-0.3, -0.25) is 14.4 Å². The molecule has 1 aliphatic rings. The molecular weight excluding hydrogens is 424 g/mol. The van der Waals surface area contributed by atoms with E-state index < -0.39 is 18.0 Å². The van der Waals surface area contributed by atoms with Gasteiger partial charge in [-0.25, -0.2) is 4.79 Å². The van der Waals surface area contributed by atoms with Crippen molar-refractivity contribution in [1.82, 2.24) is 10.2 Å². The highest BCUT2D eigenvalue weighted by Crippen LogP contribution is 2.29. The average molecular weight is 451 g/mol. The maximum Gasteiger partial charge on any atom is 0.333 e. The molecule has 1 atom stereocenters. The summed E-state index contributed by atoms with van der Waals surface area (Å²) in [7, 11) is 2.82. The van der Waals surface area contributed by atoms with Gasteiger partial charge in [0.1, 0.15) is 5.75 Å². The zero-order chi connectivity index (χ0) is 22.8. The Labute approximate surface area is 185 Å². The molecule has 2 rings (SSSR count). The van der Waals surface area contributed by atoms with Gasteiger partial charge in [0.2, 0.25) is 11.8 Å². The van der Waals surface area contributed by atoms with Crippen LogP contribution in [-0.2, 0) is 28.7 Å². The number of nitrogens with zero attached hydrogens (tertiary/aromatic N) is 1. The van der Waals surface area contributed by atoms with Crippen molar-refractivity contribution >= 4 is 35.5 Å². The van der Waals surface area contributed by atoms with Crippen LogP contribution in [0.25, 0.3) is 0 Å². The summed E-state index contributed by atoms with van der Waals surface area (Å²) in [5, 5.41) is 3.27. The Morgan fingerprint density at radius 3 is 2.55 bits per heavy atom. The number of thioether (sulfide) groups is 1. The summed E-state index contributed by atoms with van der Waals surface area (Å²) in [6.07, 6.45) is 1.65. The molecule has 1 fully saturated rings. The number of benzene rings is 1. The molecule has 1 aliphatic heterocycles. The monoisotopic (exact) mass is 450 g/mol. The third-order valence-electron chi connectivity index (χ3n) is 4.41. The SMILES string of the molecule is COC(=O)/C=C1/SCC(=O)N1CCCOC(=O)CC(NC(C)=O)c1ccc(OC)cc1. The van der Waals surface area contributed by atoms with E-state index in [-0.39, 0.29) is 30.6 Å². The molecule has 0 radical (unpaired) electrons. The van der Waals surface area contributed by atoms with Gasteiger partial charge >= 0.3 is 11.9 Å². The Bertz CT molecular complexity index is 839. The Morgan fingerprint density at radius 2 is 1.94 bits per heavy atom. The van der Waals surface area contributed by atoms with Gasteiger partial charge in [-0.05, 0) is 24.1 Å². The van der Waals surface area contributed by atoms with Crippen LogP contribution < -0.4 is 10.1 Å². The molecule has 168 valence electrons. The molecule has 1 unspecified atom stereocenters. The van der Waals surface area contributed by atoms with Gasteiger partial charge in [0.15, 0.2) is 0 Å². The van der Waals surface area contributed by atoms with Crippen molar-refractivity contribution in [3.05, 3.63) is 40.9 Å². The lowest BCUT2D eigenvalue weighted by Gasteiger charge is -2.19. The average Bonchev–Trinajstić information content (AvgIpc) is 3.09. The van der Waals surface area contributed by atoms with Gasteiger partial charge in [-0.15, -0.1) is 0 Å². The molecule has 0 saturated carbocycles. The van der Waals surface area contributed by atoms with Crippen LogP contribution >= 0.6 is 11.8 Å². The second-order valence-electron chi connectivity index (χ2n) is 6.64. The lowest BCUT2D eigenvalue weighted by Crippen LogP contribution is -2.29. The first kappa shape index (κ1) is 24.3. The van der Waals surface area contributed by atoms with Crippen LogP contribution in [0.3, 0.4) is 0 Å². The van der Waals surface area contributed by atoms with E-state index in [2.05, 4.69) is 10.1 Å². The molecule has 1 N–H and O–H groups in total. The molecule has 1 saturated heterocycles. The Hall–Kier alpha value is -3.01. The van der Waals surface area contributed by atoms with Gasteiger partial charge in [-0.1, -0.05) is 23.9 Å². The molecule has 31 heavy (non-hydrogen) atoms. The van der Waals surface area contributed by atoms with E-state index in [1.54, 1.807) is 31.4 Å². The van der Waals surface area contributed by atoms with Crippen LogP contribution in [0.2, 0.25) is 0 Å². The maximum atomic E-state index is 12.3. The number of ether oxygens (including phenoxy) is 3. The van der Waals surface area contributed by atoms with Crippen LogP contribution in [0.4, 0.5) is 0 Å². The van der Waals surface area contributed by atoms with Gasteiger partial charge in [0, 0.05) is 13.5 Å². The third kappa shape index (κ3) is 7.63. The summed E-state index contributed by atoms with van der Waals surface area (Å²) in [6.45, 7) is 1.80. The number of hydrogen-bond donors (Lipinski definition) is 1. The van der Waals surface area contributed by atoms with Gasteiger partial charge in [0.25, 0.3) is 0 Å². The molecular formula is C21H26N2O7S. The van der Waals surface area contributed by atoms with E-state index in [0.717, 1.165) is 5.56 Å². The summed E-state index contributed by atoms with van der Waals surface area (Å²) < 4.78 is 15.0. The Balaban J connectivity index is 1.86. The zero-order valence-electron chi connectivity index (χ0n) is 17.7. The predicted octanol–water partition coefficient (Wildman–Crippen LogP) is 1.79. The van der Waals surface area contributed by atoms with Gasteiger partial charge < -0.3 is 24.4 Å². The maximum absolute atomic E-state index is 12.3. The van der Waals surface area contributed by atoms with Crippen LogP contribution in [0, 0.1) is 0 Å². The fraction of sp³-hybridized carbons (Fsp3) is 0.429. The minimum absolute atomic E-state index is 0.0299. The minimum Gasteiger partial charge on any atom is -0.497 e. The number of carbonyl (C=O) groups excluding carboxylic acids is 4. The standard InChI is InChI=1S/C21H26N2O7S/c1-14(24)22-17(15-5-7-16(28-2)8-6-15)11-21(27)30-10-4-9-23-18(25)13-31-19(23)12-20(26)29-3/h5-8,12,17H,4,9-11,13H2,1-3H3,(H,22,24)/b19-12+. The number of nitrogens with one attached hydrogen (secondary N) is 1.